The molecule has 1 aliphatic heterocycles. The summed E-state index contributed by atoms with van der Waals surface area (Å²) in [6.07, 6.45) is 1.83. The van der Waals surface area contributed by atoms with Crippen LogP contribution in [-0.2, 0) is 24.8 Å². The number of rotatable bonds is 5. The van der Waals surface area contributed by atoms with Gasteiger partial charge in [0.2, 0.25) is 0 Å². The highest BCUT2D eigenvalue weighted by Crippen LogP contribution is 2.57. The maximum atomic E-state index is 6.84. The number of amidine groups is 2. The Balaban J connectivity index is 1.14. The van der Waals surface area contributed by atoms with Crippen molar-refractivity contribution in [2.45, 2.75) is 24.8 Å². The summed E-state index contributed by atoms with van der Waals surface area (Å²) in [7, 11) is 0. The van der Waals surface area contributed by atoms with E-state index in [9.17, 15) is 0 Å². The molecule has 1 unspecified atom stereocenters. The number of hydrogen-bond acceptors (Lipinski definition) is 1. The van der Waals surface area contributed by atoms with E-state index in [0.29, 0.717) is 18.2 Å². The zero-order valence-corrected chi connectivity index (χ0v) is 35.7. The number of benzene rings is 9. The number of hydrogen-bond donors (Lipinski definition) is 1. The third kappa shape index (κ3) is 5.52. The van der Waals surface area contributed by atoms with Crippen LogP contribution in [-0.4, -0.2) is 20.8 Å². The van der Waals surface area contributed by atoms with Gasteiger partial charge >= 0.3 is 0 Å². The van der Waals surface area contributed by atoms with E-state index in [4.69, 9.17) is 15.7 Å². The molecule has 0 radical (unpaired) electrons. The fourth-order valence-corrected chi connectivity index (χ4v) is 11.2. The van der Waals surface area contributed by atoms with Crippen molar-refractivity contribution in [1.29, 1.82) is 0 Å². The van der Waals surface area contributed by atoms with Gasteiger partial charge in [0.05, 0.1) is 39.7 Å². The van der Waals surface area contributed by atoms with Crippen LogP contribution in [0.3, 0.4) is 0 Å². The predicted octanol–water partition coefficient (Wildman–Crippen LogP) is 13.0. The Morgan fingerprint density at radius 2 is 1.12 bits per heavy atom. The third-order valence-corrected chi connectivity index (χ3v) is 14.0. The Morgan fingerprint density at radius 1 is 0.477 bits per heavy atom. The Morgan fingerprint density at radius 3 is 1.95 bits per heavy atom. The average Bonchev–Trinajstić information content (AvgIpc) is 3.85. The Hall–Kier alpha value is -8.28. The zero-order chi connectivity index (χ0) is 43.1. The summed E-state index contributed by atoms with van der Waals surface area (Å²) in [4.78, 5) is 10.4. The van der Waals surface area contributed by atoms with E-state index in [0.717, 1.165) is 35.2 Å². The molecular formula is C60H43N5. The maximum absolute atomic E-state index is 6.84. The molecule has 308 valence electrons. The number of para-hydroxylation sites is 4. The highest BCUT2D eigenvalue weighted by Gasteiger charge is 2.48. The molecule has 11 aromatic rings. The van der Waals surface area contributed by atoms with Crippen LogP contribution >= 0.6 is 0 Å². The summed E-state index contributed by atoms with van der Waals surface area (Å²) in [5, 5.41) is 4.98. The molecule has 13 rings (SSSR count). The van der Waals surface area contributed by atoms with E-state index in [2.05, 4.69) is 185 Å². The second-order valence-corrected chi connectivity index (χ2v) is 17.4. The Bertz CT molecular complexity index is 3740. The van der Waals surface area contributed by atoms with Gasteiger partial charge in [0.25, 0.3) is 0 Å². The number of fused-ring (bicyclic) bond motifs is 15. The molecule has 2 aromatic heterocycles. The highest BCUT2D eigenvalue weighted by atomic mass is 15.0. The molecule has 1 spiro atoms. The molecule has 5 heteroatoms. The first-order valence-electron chi connectivity index (χ1n) is 22.5. The largest absolute Gasteiger partial charge is 0.383 e. The second kappa shape index (κ2) is 14.6. The molecular weight excluding hydrogens is 791 g/mol. The predicted molar refractivity (Wildman–Crippen MR) is 268 cm³/mol. The minimum atomic E-state index is -0.671. The number of nitrogens with two attached hydrogens (primary N) is 1. The van der Waals surface area contributed by atoms with Gasteiger partial charge in [-0.1, -0.05) is 176 Å². The Labute approximate surface area is 377 Å². The van der Waals surface area contributed by atoms with Crippen LogP contribution in [0.4, 0.5) is 0 Å². The molecule has 2 N–H and O–H groups in total. The molecule has 0 saturated carbocycles. The SMILES string of the molecule is NC(=NC(=NCc1ccccc1)c1ccc2c(c1)C1(c3ccccc3CC2)c2ccccc2-n2c3c1cccc3c1ccc3c(c4ccccc4n3-c3ccccc3)c12)c1ccccc1. The Kier molecular flexibility index (Phi) is 8.40. The molecule has 65 heavy (non-hydrogen) atoms. The molecule has 5 nitrogen and oxygen atoms in total. The van der Waals surface area contributed by atoms with E-state index >= 15 is 0 Å². The lowest BCUT2D eigenvalue weighted by Crippen LogP contribution is -2.36. The van der Waals surface area contributed by atoms with Crippen molar-refractivity contribution in [1.82, 2.24) is 9.13 Å². The molecule has 0 saturated heterocycles. The van der Waals surface area contributed by atoms with Gasteiger partial charge in [0, 0.05) is 38.4 Å². The zero-order valence-electron chi connectivity index (χ0n) is 35.7. The first kappa shape index (κ1) is 37.3. The van der Waals surface area contributed by atoms with Crippen molar-refractivity contribution >= 4 is 55.3 Å². The molecule has 1 atom stereocenters. The minimum Gasteiger partial charge on any atom is -0.383 e. The van der Waals surface area contributed by atoms with E-state index in [-0.39, 0.29) is 0 Å². The lowest BCUT2D eigenvalue weighted by Gasteiger charge is -2.42. The number of aliphatic imine (C=N–C) groups is 2. The van der Waals surface area contributed by atoms with Crippen LogP contribution < -0.4 is 5.73 Å². The van der Waals surface area contributed by atoms with Crippen molar-refractivity contribution in [3.05, 3.63) is 262 Å². The van der Waals surface area contributed by atoms with Crippen molar-refractivity contribution in [3.63, 3.8) is 0 Å². The fraction of sp³-hybridized carbons (Fsp3) is 0.0667. The highest BCUT2D eigenvalue weighted by molar-refractivity contribution is 6.27. The van der Waals surface area contributed by atoms with Crippen molar-refractivity contribution < 1.29 is 0 Å². The summed E-state index contributed by atoms with van der Waals surface area (Å²) in [6, 6.07) is 77.0. The van der Waals surface area contributed by atoms with Gasteiger partial charge in [-0.25, -0.2) is 4.99 Å². The van der Waals surface area contributed by atoms with Crippen LogP contribution in [0.1, 0.15) is 50.1 Å². The van der Waals surface area contributed by atoms with Gasteiger partial charge in [-0.05, 0) is 88.2 Å². The number of aryl methyl sites for hydroxylation is 2. The quantitative estimate of drug-likeness (QED) is 0.136. The van der Waals surface area contributed by atoms with Crippen molar-refractivity contribution in [3.8, 4) is 11.4 Å². The van der Waals surface area contributed by atoms with Crippen LogP contribution in [0, 0.1) is 0 Å². The number of aromatic nitrogens is 2. The normalized spacial score (nSPS) is 15.6. The van der Waals surface area contributed by atoms with Gasteiger partial charge in [-0.3, -0.25) is 4.99 Å². The minimum absolute atomic E-state index is 0.435. The van der Waals surface area contributed by atoms with Crippen LogP contribution in [0.15, 0.2) is 222 Å². The first-order chi connectivity index (χ1) is 32.2. The van der Waals surface area contributed by atoms with Gasteiger partial charge in [-0.15, -0.1) is 0 Å². The standard InChI is InChI=1S/C60H43N5/c61-58(42-20-6-2-7-21-42)63-59(62-38-39-17-4-1-5-18-39)43-34-33-41-32-31-40-19-10-12-26-48(40)60(51(41)37-43)49-27-13-15-30-53(49)65-56-45(25-16-28-50(56)60)46-35-36-54-55(57(46)65)47-24-11-14-29-52(47)64(54)44-22-8-3-9-23-44/h1-30,33-37H,31-32,38H2,(H2,61,62,63). The molecule has 0 fully saturated rings. The number of nitrogens with zero attached hydrogens (tertiary/aromatic N) is 4. The molecule has 2 aliphatic rings. The third-order valence-electron chi connectivity index (χ3n) is 14.0. The summed E-state index contributed by atoms with van der Waals surface area (Å²) < 4.78 is 5.02. The van der Waals surface area contributed by atoms with Gasteiger partial charge < -0.3 is 14.9 Å². The van der Waals surface area contributed by atoms with Crippen LogP contribution in [0.25, 0.3) is 55.0 Å². The van der Waals surface area contributed by atoms with E-state index < -0.39 is 5.41 Å². The summed E-state index contributed by atoms with van der Waals surface area (Å²) >= 11 is 0. The molecule has 0 amide bonds. The van der Waals surface area contributed by atoms with Gasteiger partial charge in [0.1, 0.15) is 5.84 Å². The van der Waals surface area contributed by atoms with Crippen LogP contribution in [0.5, 0.6) is 0 Å². The summed E-state index contributed by atoms with van der Waals surface area (Å²) in [5.74, 6) is 1.05. The molecule has 0 bridgehead atoms. The van der Waals surface area contributed by atoms with E-state index in [1.54, 1.807) is 0 Å². The monoisotopic (exact) mass is 833 g/mol. The molecule has 9 aromatic carbocycles. The van der Waals surface area contributed by atoms with Crippen molar-refractivity contribution in [2.75, 3.05) is 0 Å². The summed E-state index contributed by atoms with van der Waals surface area (Å²) in [6.45, 7) is 0.476. The van der Waals surface area contributed by atoms with Gasteiger partial charge in [-0.2, -0.15) is 0 Å². The lowest BCUT2D eigenvalue weighted by atomic mass is 9.61. The molecule has 3 heterocycles. The molecule has 1 aliphatic carbocycles. The second-order valence-electron chi connectivity index (χ2n) is 17.4. The van der Waals surface area contributed by atoms with E-state index in [1.807, 2.05) is 36.4 Å². The van der Waals surface area contributed by atoms with Gasteiger partial charge in [0.15, 0.2) is 5.84 Å². The summed E-state index contributed by atoms with van der Waals surface area (Å²) in [5.41, 5.74) is 24.0. The topological polar surface area (TPSA) is 60.6 Å². The van der Waals surface area contributed by atoms with E-state index in [1.165, 1.54) is 82.7 Å². The first-order valence-corrected chi connectivity index (χ1v) is 22.5. The average molecular weight is 834 g/mol. The van der Waals surface area contributed by atoms with Crippen molar-refractivity contribution in [2.24, 2.45) is 15.7 Å². The smallest absolute Gasteiger partial charge is 0.157 e. The van der Waals surface area contributed by atoms with Crippen LogP contribution in [0.2, 0.25) is 0 Å². The lowest BCUT2D eigenvalue weighted by molar-refractivity contribution is 0.722. The maximum Gasteiger partial charge on any atom is 0.157 e. The fourth-order valence-electron chi connectivity index (χ4n) is 11.2.